The van der Waals surface area contributed by atoms with Crippen molar-refractivity contribution in [1.82, 2.24) is 5.32 Å². The largest absolute Gasteiger partial charge is 0.313 e. The van der Waals surface area contributed by atoms with Crippen LogP contribution in [0.15, 0.2) is 0 Å². The minimum absolute atomic E-state index is 0.768. The Morgan fingerprint density at radius 1 is 1.12 bits per heavy atom. The molecule has 0 aromatic rings. The minimum atomic E-state index is 0.768. The monoisotopic (exact) mass is 255 g/mol. The normalized spacial score (nSPS) is 39.7. The maximum atomic E-state index is 3.75. The summed E-state index contributed by atoms with van der Waals surface area (Å²) in [5, 5.41) is 5.59. The molecule has 0 aliphatic heterocycles. The standard InChI is InChI=1S/C15H29NS/c1-4-16-14-10-11(2)9-12(3)15(14)17-13-7-5-6-8-13/h11-16H,4-10H2,1-3H3. The second kappa shape index (κ2) is 6.47. The first-order chi connectivity index (χ1) is 8.20. The molecule has 0 saturated heterocycles. The maximum absolute atomic E-state index is 3.75. The topological polar surface area (TPSA) is 12.0 Å². The molecule has 100 valence electrons. The SMILES string of the molecule is CCNC1CC(C)CC(C)C1SC1CCCC1. The Morgan fingerprint density at radius 2 is 1.82 bits per heavy atom. The molecule has 0 heterocycles. The fraction of sp³-hybridized carbons (Fsp3) is 1.00. The van der Waals surface area contributed by atoms with E-state index in [1.807, 2.05) is 0 Å². The van der Waals surface area contributed by atoms with Gasteiger partial charge < -0.3 is 5.32 Å². The third-order valence-electron chi connectivity index (χ3n) is 4.51. The van der Waals surface area contributed by atoms with Crippen LogP contribution >= 0.6 is 11.8 Å². The molecule has 0 aromatic heterocycles. The smallest absolute Gasteiger partial charge is 0.0229 e. The first kappa shape index (κ1) is 13.7. The lowest BCUT2D eigenvalue weighted by Gasteiger charge is -2.40. The van der Waals surface area contributed by atoms with Gasteiger partial charge in [-0.1, -0.05) is 33.6 Å². The molecule has 2 heteroatoms. The van der Waals surface area contributed by atoms with E-state index in [0.29, 0.717) is 0 Å². The molecule has 2 aliphatic rings. The maximum Gasteiger partial charge on any atom is 0.0229 e. The quantitative estimate of drug-likeness (QED) is 0.812. The number of rotatable bonds is 4. The van der Waals surface area contributed by atoms with Crippen LogP contribution < -0.4 is 5.32 Å². The summed E-state index contributed by atoms with van der Waals surface area (Å²) in [7, 11) is 0. The highest BCUT2D eigenvalue weighted by Gasteiger charge is 2.35. The lowest BCUT2D eigenvalue weighted by atomic mass is 9.80. The van der Waals surface area contributed by atoms with Gasteiger partial charge in [0.2, 0.25) is 0 Å². The van der Waals surface area contributed by atoms with Crippen LogP contribution in [0.1, 0.15) is 59.3 Å². The van der Waals surface area contributed by atoms with Crippen molar-refractivity contribution in [2.75, 3.05) is 6.54 Å². The van der Waals surface area contributed by atoms with Crippen LogP contribution in [-0.2, 0) is 0 Å². The summed E-state index contributed by atoms with van der Waals surface area (Å²) in [5.41, 5.74) is 0. The van der Waals surface area contributed by atoms with E-state index in [1.54, 1.807) is 0 Å². The average molecular weight is 255 g/mol. The van der Waals surface area contributed by atoms with E-state index >= 15 is 0 Å². The van der Waals surface area contributed by atoms with Crippen LogP contribution in [0.5, 0.6) is 0 Å². The van der Waals surface area contributed by atoms with Crippen molar-refractivity contribution in [3.05, 3.63) is 0 Å². The molecule has 1 N–H and O–H groups in total. The average Bonchev–Trinajstić information content (AvgIpc) is 2.76. The number of hydrogen-bond acceptors (Lipinski definition) is 2. The summed E-state index contributed by atoms with van der Waals surface area (Å²) in [6.07, 6.45) is 8.72. The number of hydrogen-bond donors (Lipinski definition) is 1. The molecule has 17 heavy (non-hydrogen) atoms. The Balaban J connectivity index is 1.93. The molecule has 0 spiro atoms. The highest BCUT2D eigenvalue weighted by molar-refractivity contribution is 8.00. The lowest BCUT2D eigenvalue weighted by Crippen LogP contribution is -2.46. The van der Waals surface area contributed by atoms with E-state index in [0.717, 1.165) is 34.9 Å². The van der Waals surface area contributed by atoms with Gasteiger partial charge in [0.25, 0.3) is 0 Å². The molecule has 2 saturated carbocycles. The van der Waals surface area contributed by atoms with Gasteiger partial charge in [-0.25, -0.2) is 0 Å². The molecule has 1 nitrogen and oxygen atoms in total. The van der Waals surface area contributed by atoms with Gasteiger partial charge in [0.15, 0.2) is 0 Å². The Kier molecular flexibility index (Phi) is 5.23. The Hall–Kier alpha value is 0.310. The Morgan fingerprint density at radius 3 is 2.47 bits per heavy atom. The zero-order valence-corrected chi connectivity index (χ0v) is 12.6. The second-order valence-corrected chi connectivity index (χ2v) is 7.71. The van der Waals surface area contributed by atoms with Gasteiger partial charge in [-0.3, -0.25) is 0 Å². The minimum Gasteiger partial charge on any atom is -0.313 e. The predicted octanol–water partition coefficient (Wildman–Crippen LogP) is 4.07. The molecule has 0 amide bonds. The summed E-state index contributed by atoms with van der Waals surface area (Å²) in [5.74, 6) is 1.81. The molecule has 0 radical (unpaired) electrons. The van der Waals surface area contributed by atoms with E-state index in [-0.39, 0.29) is 0 Å². The zero-order chi connectivity index (χ0) is 12.3. The van der Waals surface area contributed by atoms with E-state index < -0.39 is 0 Å². The van der Waals surface area contributed by atoms with Crippen molar-refractivity contribution in [1.29, 1.82) is 0 Å². The molecule has 2 fully saturated rings. The molecular formula is C15H29NS. The fourth-order valence-corrected chi connectivity index (χ4v) is 5.59. The highest BCUT2D eigenvalue weighted by Crippen LogP contribution is 2.41. The second-order valence-electron chi connectivity index (χ2n) is 6.23. The zero-order valence-electron chi connectivity index (χ0n) is 11.7. The van der Waals surface area contributed by atoms with E-state index in [1.165, 1.54) is 38.5 Å². The van der Waals surface area contributed by atoms with Crippen molar-refractivity contribution < 1.29 is 0 Å². The molecule has 0 bridgehead atoms. The molecule has 4 atom stereocenters. The van der Waals surface area contributed by atoms with Crippen molar-refractivity contribution in [3.8, 4) is 0 Å². The Bertz CT molecular complexity index is 225. The van der Waals surface area contributed by atoms with Gasteiger partial charge in [-0.15, -0.1) is 0 Å². The summed E-state index contributed by atoms with van der Waals surface area (Å²) in [6.45, 7) is 8.29. The van der Waals surface area contributed by atoms with E-state index in [2.05, 4.69) is 37.8 Å². The van der Waals surface area contributed by atoms with Crippen molar-refractivity contribution in [2.24, 2.45) is 11.8 Å². The molecular weight excluding hydrogens is 226 g/mol. The van der Waals surface area contributed by atoms with Crippen LogP contribution in [0.4, 0.5) is 0 Å². The third kappa shape index (κ3) is 3.64. The summed E-state index contributed by atoms with van der Waals surface area (Å²) in [6, 6.07) is 0.768. The van der Waals surface area contributed by atoms with E-state index in [9.17, 15) is 0 Å². The number of thioether (sulfide) groups is 1. The van der Waals surface area contributed by atoms with Crippen molar-refractivity contribution >= 4 is 11.8 Å². The molecule has 2 rings (SSSR count). The predicted molar refractivity (Wildman–Crippen MR) is 78.7 cm³/mol. The van der Waals surface area contributed by atoms with Crippen LogP contribution in [0.2, 0.25) is 0 Å². The van der Waals surface area contributed by atoms with Gasteiger partial charge in [0.1, 0.15) is 0 Å². The van der Waals surface area contributed by atoms with Gasteiger partial charge >= 0.3 is 0 Å². The molecule has 4 unspecified atom stereocenters. The summed E-state index contributed by atoms with van der Waals surface area (Å²) < 4.78 is 0. The number of nitrogens with one attached hydrogen (secondary N) is 1. The van der Waals surface area contributed by atoms with Crippen LogP contribution in [0.25, 0.3) is 0 Å². The first-order valence-corrected chi connectivity index (χ1v) is 8.53. The molecule has 0 aromatic carbocycles. The van der Waals surface area contributed by atoms with Gasteiger partial charge in [0.05, 0.1) is 0 Å². The van der Waals surface area contributed by atoms with Crippen molar-refractivity contribution in [2.45, 2.75) is 75.8 Å². The van der Waals surface area contributed by atoms with Crippen LogP contribution in [0.3, 0.4) is 0 Å². The van der Waals surface area contributed by atoms with Gasteiger partial charge in [-0.05, 0) is 44.1 Å². The summed E-state index contributed by atoms with van der Waals surface area (Å²) >= 11 is 2.32. The van der Waals surface area contributed by atoms with E-state index in [4.69, 9.17) is 0 Å². The summed E-state index contributed by atoms with van der Waals surface area (Å²) in [4.78, 5) is 0. The van der Waals surface area contributed by atoms with Gasteiger partial charge in [0, 0.05) is 16.5 Å². The molecule has 2 aliphatic carbocycles. The third-order valence-corrected chi connectivity index (χ3v) is 6.47. The van der Waals surface area contributed by atoms with Crippen molar-refractivity contribution in [3.63, 3.8) is 0 Å². The fourth-order valence-electron chi connectivity index (χ4n) is 3.77. The first-order valence-electron chi connectivity index (χ1n) is 7.59. The highest BCUT2D eigenvalue weighted by atomic mass is 32.2. The van der Waals surface area contributed by atoms with Gasteiger partial charge in [-0.2, -0.15) is 11.8 Å². The van der Waals surface area contributed by atoms with Crippen LogP contribution in [0, 0.1) is 11.8 Å². The van der Waals surface area contributed by atoms with Crippen LogP contribution in [-0.4, -0.2) is 23.1 Å². The lowest BCUT2D eigenvalue weighted by molar-refractivity contribution is 0.251. The Labute approximate surface area is 112 Å².